The van der Waals surface area contributed by atoms with Crippen LogP contribution >= 0.6 is 0 Å². The summed E-state index contributed by atoms with van der Waals surface area (Å²) in [6, 6.07) is 2.14. The third kappa shape index (κ3) is 2.49. The van der Waals surface area contributed by atoms with E-state index >= 15 is 0 Å². The molecule has 3 fully saturated rings. The smallest absolute Gasteiger partial charge is 0.306 e. The van der Waals surface area contributed by atoms with Gasteiger partial charge in [-0.05, 0) is 78.9 Å². The largest absolute Gasteiger partial charge is 0.495 e. The summed E-state index contributed by atoms with van der Waals surface area (Å²) in [6.45, 7) is 4.88. The summed E-state index contributed by atoms with van der Waals surface area (Å²) in [5, 5.41) is 0. The van der Waals surface area contributed by atoms with E-state index in [0.717, 1.165) is 30.9 Å². The van der Waals surface area contributed by atoms with Crippen LogP contribution in [-0.2, 0) is 9.53 Å². The summed E-state index contributed by atoms with van der Waals surface area (Å²) in [4.78, 5) is 16.3. The number of carbonyl (C=O) groups is 1. The van der Waals surface area contributed by atoms with E-state index in [-0.39, 0.29) is 22.9 Å². The topological polar surface area (TPSA) is 48.4 Å². The minimum atomic E-state index is 0.0110. The monoisotopic (exact) mass is 381 g/mol. The van der Waals surface area contributed by atoms with Crippen LogP contribution in [0.25, 0.3) is 5.57 Å². The first-order chi connectivity index (χ1) is 13.5. The lowest BCUT2D eigenvalue weighted by Crippen LogP contribution is -2.56. The van der Waals surface area contributed by atoms with Gasteiger partial charge in [-0.25, -0.2) is 0 Å². The highest BCUT2D eigenvalue weighted by Gasteiger charge is 2.59. The first-order valence-corrected chi connectivity index (χ1v) is 10.9. The molecule has 6 atom stereocenters. The number of aromatic nitrogens is 1. The molecule has 5 rings (SSSR count). The summed E-state index contributed by atoms with van der Waals surface area (Å²) < 4.78 is 11.2. The summed E-state index contributed by atoms with van der Waals surface area (Å²) in [5.74, 6) is 2.92. The molecular weight excluding hydrogens is 350 g/mol. The highest BCUT2D eigenvalue weighted by atomic mass is 16.5. The Hall–Kier alpha value is -1.84. The fraction of sp³-hybridized carbons (Fsp3) is 0.667. The number of carbonyl (C=O) groups excluding carboxylic acids is 1. The zero-order valence-corrected chi connectivity index (χ0v) is 17.2. The lowest BCUT2D eigenvalue weighted by Gasteiger charge is -2.59. The molecule has 1 aliphatic heterocycles. The van der Waals surface area contributed by atoms with E-state index in [0.29, 0.717) is 18.3 Å². The van der Waals surface area contributed by atoms with Crippen molar-refractivity contribution < 1.29 is 14.3 Å². The van der Waals surface area contributed by atoms with Gasteiger partial charge in [-0.2, -0.15) is 0 Å². The van der Waals surface area contributed by atoms with E-state index < -0.39 is 0 Å². The predicted octanol–water partition coefficient (Wildman–Crippen LogP) is 5.03. The Kier molecular flexibility index (Phi) is 4.12. The zero-order valence-electron chi connectivity index (χ0n) is 17.2. The Bertz CT molecular complexity index is 833. The lowest BCUT2D eigenvalue weighted by atomic mass is 9.47. The van der Waals surface area contributed by atoms with Crippen molar-refractivity contribution in [3.05, 3.63) is 30.1 Å². The Balaban J connectivity index is 1.44. The Morgan fingerprint density at radius 1 is 1.14 bits per heavy atom. The molecule has 0 bridgehead atoms. The lowest BCUT2D eigenvalue weighted by molar-refractivity contribution is -0.189. The molecule has 2 saturated carbocycles. The molecule has 0 amide bonds. The molecule has 4 heteroatoms. The van der Waals surface area contributed by atoms with E-state index in [2.05, 4.69) is 31.0 Å². The van der Waals surface area contributed by atoms with E-state index in [1.807, 2.05) is 6.20 Å². The van der Waals surface area contributed by atoms with Crippen molar-refractivity contribution in [3.63, 3.8) is 0 Å². The Morgan fingerprint density at radius 2 is 2.00 bits per heavy atom. The summed E-state index contributed by atoms with van der Waals surface area (Å²) >= 11 is 0. The molecule has 0 spiro atoms. The molecular formula is C24H31NO3. The second-order valence-corrected chi connectivity index (χ2v) is 9.86. The molecule has 150 valence electrons. The van der Waals surface area contributed by atoms with Crippen LogP contribution in [0.15, 0.2) is 24.5 Å². The zero-order chi connectivity index (χ0) is 19.5. The predicted molar refractivity (Wildman–Crippen MR) is 108 cm³/mol. The van der Waals surface area contributed by atoms with Crippen molar-refractivity contribution in [1.29, 1.82) is 0 Å². The van der Waals surface area contributed by atoms with Crippen molar-refractivity contribution >= 4 is 11.5 Å². The second-order valence-electron chi connectivity index (χ2n) is 9.86. The average molecular weight is 382 g/mol. The maximum atomic E-state index is 11.9. The number of esters is 1. The van der Waals surface area contributed by atoms with Gasteiger partial charge in [0.1, 0.15) is 11.9 Å². The van der Waals surface area contributed by atoms with Gasteiger partial charge in [0.15, 0.2) is 0 Å². The molecule has 1 unspecified atom stereocenters. The van der Waals surface area contributed by atoms with Gasteiger partial charge < -0.3 is 9.47 Å². The van der Waals surface area contributed by atoms with Gasteiger partial charge in [0, 0.05) is 18.0 Å². The van der Waals surface area contributed by atoms with Gasteiger partial charge >= 0.3 is 5.97 Å². The van der Waals surface area contributed by atoms with Crippen molar-refractivity contribution in [2.24, 2.45) is 28.6 Å². The van der Waals surface area contributed by atoms with Crippen molar-refractivity contribution in [2.45, 2.75) is 64.9 Å². The highest BCUT2D eigenvalue weighted by Crippen LogP contribution is 2.66. The molecule has 2 heterocycles. The van der Waals surface area contributed by atoms with Crippen LogP contribution in [0.1, 0.15) is 64.4 Å². The second kappa shape index (κ2) is 6.33. The molecule has 1 aromatic heterocycles. The number of hydrogen-bond donors (Lipinski definition) is 0. The molecule has 0 N–H and O–H groups in total. The van der Waals surface area contributed by atoms with Gasteiger partial charge in [-0.3, -0.25) is 9.78 Å². The number of allylic oxidation sites excluding steroid dienone is 2. The summed E-state index contributed by atoms with van der Waals surface area (Å²) in [6.07, 6.45) is 13.8. The van der Waals surface area contributed by atoms with Crippen LogP contribution in [0.5, 0.6) is 5.75 Å². The van der Waals surface area contributed by atoms with E-state index in [1.54, 1.807) is 13.3 Å². The third-order valence-electron chi connectivity index (χ3n) is 8.76. The van der Waals surface area contributed by atoms with Gasteiger partial charge in [0.2, 0.25) is 0 Å². The highest BCUT2D eigenvalue weighted by molar-refractivity contribution is 5.73. The normalized spacial score (nSPS) is 42.0. The molecule has 1 aromatic rings. The Labute approximate surface area is 167 Å². The first-order valence-electron chi connectivity index (χ1n) is 10.9. The van der Waals surface area contributed by atoms with E-state index in [1.165, 1.54) is 30.4 Å². The molecule has 3 aliphatic carbocycles. The summed E-state index contributed by atoms with van der Waals surface area (Å²) in [5.41, 5.74) is 3.06. The number of methoxy groups -OCH3 is 1. The number of rotatable bonds is 2. The van der Waals surface area contributed by atoms with Crippen molar-refractivity contribution in [1.82, 2.24) is 4.98 Å². The number of hydrogen-bond acceptors (Lipinski definition) is 4. The first kappa shape index (κ1) is 18.2. The van der Waals surface area contributed by atoms with Crippen molar-refractivity contribution in [2.75, 3.05) is 7.11 Å². The van der Waals surface area contributed by atoms with Crippen LogP contribution in [0.2, 0.25) is 0 Å². The molecule has 28 heavy (non-hydrogen) atoms. The van der Waals surface area contributed by atoms with E-state index in [4.69, 9.17) is 9.47 Å². The SMILES string of the molecule is COc1cncc(C2=CC[C@H]3[C@@H]4CCC5OC(=O)CC[C@]5(C)[C@H]4CC[C@]23C)c1. The molecule has 4 aliphatic rings. The fourth-order valence-electron chi connectivity index (χ4n) is 7.24. The van der Waals surface area contributed by atoms with Gasteiger partial charge in [-0.1, -0.05) is 19.9 Å². The fourth-order valence-corrected chi connectivity index (χ4v) is 7.24. The number of nitrogens with zero attached hydrogens (tertiary/aromatic N) is 1. The van der Waals surface area contributed by atoms with Crippen LogP contribution in [-0.4, -0.2) is 24.2 Å². The average Bonchev–Trinajstić information content (AvgIpc) is 3.06. The number of ether oxygens (including phenoxy) is 2. The van der Waals surface area contributed by atoms with Crippen LogP contribution in [0, 0.1) is 28.6 Å². The standard InChI is InChI=1S/C24H31NO3/c1-23-10-8-20-17(4-7-21-24(20,2)11-9-22(26)28-21)19(23)6-5-18(23)15-12-16(27-3)14-25-13-15/h5,12-14,17,19-21H,4,6-11H2,1-3H3/t17-,19-,20-,21?,23+,24+/m0/s1. The van der Waals surface area contributed by atoms with Crippen LogP contribution in [0.3, 0.4) is 0 Å². The maximum Gasteiger partial charge on any atom is 0.306 e. The molecule has 0 radical (unpaired) electrons. The minimum absolute atomic E-state index is 0.0110. The third-order valence-corrected chi connectivity index (χ3v) is 8.76. The van der Waals surface area contributed by atoms with Crippen molar-refractivity contribution in [3.8, 4) is 5.75 Å². The maximum absolute atomic E-state index is 11.9. The van der Waals surface area contributed by atoms with Crippen LogP contribution < -0.4 is 4.74 Å². The Morgan fingerprint density at radius 3 is 2.82 bits per heavy atom. The summed E-state index contributed by atoms with van der Waals surface area (Å²) in [7, 11) is 1.70. The molecule has 4 nitrogen and oxygen atoms in total. The quantitative estimate of drug-likeness (QED) is 0.674. The van der Waals surface area contributed by atoms with Gasteiger partial charge in [0.25, 0.3) is 0 Å². The van der Waals surface area contributed by atoms with Gasteiger partial charge in [0.05, 0.1) is 13.3 Å². The number of fused-ring (bicyclic) bond motifs is 5. The van der Waals surface area contributed by atoms with Crippen LogP contribution in [0.4, 0.5) is 0 Å². The minimum Gasteiger partial charge on any atom is -0.495 e. The van der Waals surface area contributed by atoms with E-state index in [9.17, 15) is 4.79 Å². The number of pyridine rings is 1. The van der Waals surface area contributed by atoms with Gasteiger partial charge in [-0.15, -0.1) is 0 Å². The molecule has 0 aromatic carbocycles. The molecule has 1 saturated heterocycles.